The number of alkyl halides is 3. The average molecular weight is 322 g/mol. The lowest BCUT2D eigenvalue weighted by Crippen LogP contribution is -2.44. The molecule has 9 heteroatoms. The first-order chi connectivity index (χ1) is 9.92. The normalized spacial score (nSPS) is 13.8. The van der Waals surface area contributed by atoms with Crippen molar-refractivity contribution >= 4 is 6.09 Å². The summed E-state index contributed by atoms with van der Waals surface area (Å²) in [5, 5.41) is 5.88. The SMILES string of the molecule is Cn1cc(CC(CN)NC(=O)OC(C)(C)C)c(C(F)(F)F)n1. The fraction of sp³-hybridized carbons (Fsp3) is 0.692. The van der Waals surface area contributed by atoms with Gasteiger partial charge < -0.3 is 15.8 Å². The number of aromatic nitrogens is 2. The topological polar surface area (TPSA) is 82.2 Å². The zero-order chi connectivity index (χ0) is 17.1. The predicted molar refractivity (Wildman–Crippen MR) is 74.1 cm³/mol. The van der Waals surface area contributed by atoms with Crippen LogP contribution in [0.3, 0.4) is 0 Å². The summed E-state index contributed by atoms with van der Waals surface area (Å²) in [4.78, 5) is 11.7. The highest BCUT2D eigenvalue weighted by atomic mass is 19.4. The van der Waals surface area contributed by atoms with Gasteiger partial charge in [0.25, 0.3) is 0 Å². The monoisotopic (exact) mass is 322 g/mol. The summed E-state index contributed by atoms with van der Waals surface area (Å²) >= 11 is 0. The Kier molecular flexibility index (Phi) is 5.44. The Hall–Kier alpha value is -1.77. The molecule has 126 valence electrons. The molecule has 3 N–H and O–H groups in total. The molecule has 0 aliphatic carbocycles. The molecule has 1 atom stereocenters. The number of nitrogens with zero attached hydrogens (tertiary/aromatic N) is 2. The van der Waals surface area contributed by atoms with Crippen molar-refractivity contribution in [2.45, 2.75) is 45.0 Å². The van der Waals surface area contributed by atoms with Gasteiger partial charge in [-0.3, -0.25) is 4.68 Å². The van der Waals surface area contributed by atoms with Crippen molar-refractivity contribution in [1.29, 1.82) is 0 Å². The Morgan fingerprint density at radius 1 is 1.45 bits per heavy atom. The van der Waals surface area contributed by atoms with E-state index in [1.165, 1.54) is 13.2 Å². The maximum atomic E-state index is 12.9. The van der Waals surface area contributed by atoms with Crippen LogP contribution < -0.4 is 11.1 Å². The second kappa shape index (κ2) is 6.55. The van der Waals surface area contributed by atoms with Gasteiger partial charge in [-0.05, 0) is 27.2 Å². The molecule has 0 aromatic carbocycles. The van der Waals surface area contributed by atoms with Gasteiger partial charge in [0.1, 0.15) is 5.60 Å². The first kappa shape index (κ1) is 18.3. The number of nitrogens with two attached hydrogens (primary N) is 1. The molecule has 1 unspecified atom stereocenters. The second-order valence-corrected chi connectivity index (χ2v) is 5.96. The van der Waals surface area contributed by atoms with Crippen molar-refractivity contribution in [3.05, 3.63) is 17.5 Å². The molecule has 0 aliphatic heterocycles. The van der Waals surface area contributed by atoms with E-state index in [9.17, 15) is 18.0 Å². The fourth-order valence-corrected chi connectivity index (χ4v) is 1.86. The molecule has 0 radical (unpaired) electrons. The van der Waals surface area contributed by atoms with E-state index < -0.39 is 29.6 Å². The van der Waals surface area contributed by atoms with E-state index in [4.69, 9.17) is 10.5 Å². The lowest BCUT2D eigenvalue weighted by atomic mass is 10.1. The van der Waals surface area contributed by atoms with Crippen molar-refractivity contribution in [1.82, 2.24) is 15.1 Å². The minimum atomic E-state index is -4.55. The number of carbonyl (C=O) groups is 1. The summed E-state index contributed by atoms with van der Waals surface area (Å²) in [7, 11) is 1.40. The zero-order valence-corrected chi connectivity index (χ0v) is 13.0. The highest BCUT2D eigenvalue weighted by Crippen LogP contribution is 2.31. The van der Waals surface area contributed by atoms with Crippen LogP contribution in [0.1, 0.15) is 32.0 Å². The summed E-state index contributed by atoms with van der Waals surface area (Å²) in [6.07, 6.45) is -4.09. The van der Waals surface area contributed by atoms with Crippen molar-refractivity contribution in [3.8, 4) is 0 Å². The highest BCUT2D eigenvalue weighted by molar-refractivity contribution is 5.68. The van der Waals surface area contributed by atoms with Crippen LogP contribution in [-0.4, -0.2) is 34.1 Å². The van der Waals surface area contributed by atoms with Crippen molar-refractivity contribution in [3.63, 3.8) is 0 Å². The third-order valence-corrected chi connectivity index (χ3v) is 2.64. The standard InChI is InChI=1S/C13H21F3N4O2/c1-12(2,3)22-11(21)18-9(6-17)5-8-7-20(4)19-10(8)13(14,15)16/h7,9H,5-6,17H2,1-4H3,(H,18,21). The van der Waals surface area contributed by atoms with Crippen LogP contribution in [0.2, 0.25) is 0 Å². The molecule has 6 nitrogen and oxygen atoms in total. The first-order valence-electron chi connectivity index (χ1n) is 6.71. The van der Waals surface area contributed by atoms with Crippen LogP contribution in [0.15, 0.2) is 6.20 Å². The molecule has 1 aromatic rings. The summed E-state index contributed by atoms with van der Waals surface area (Å²) in [6.45, 7) is 5.04. The number of carbonyl (C=O) groups excluding carboxylic acids is 1. The van der Waals surface area contributed by atoms with E-state index in [1.54, 1.807) is 20.8 Å². The first-order valence-corrected chi connectivity index (χ1v) is 6.71. The van der Waals surface area contributed by atoms with E-state index in [0.29, 0.717) is 0 Å². The van der Waals surface area contributed by atoms with Crippen LogP contribution in [0, 0.1) is 0 Å². The Morgan fingerprint density at radius 2 is 2.05 bits per heavy atom. The number of hydrogen-bond donors (Lipinski definition) is 2. The molecular weight excluding hydrogens is 301 g/mol. The van der Waals surface area contributed by atoms with E-state index in [1.807, 2.05) is 0 Å². The number of nitrogens with one attached hydrogen (secondary N) is 1. The van der Waals surface area contributed by atoms with Gasteiger partial charge in [0, 0.05) is 31.4 Å². The molecule has 0 fully saturated rings. The number of ether oxygens (including phenoxy) is 1. The van der Waals surface area contributed by atoms with Gasteiger partial charge in [0.15, 0.2) is 5.69 Å². The van der Waals surface area contributed by atoms with Gasteiger partial charge in [0.2, 0.25) is 0 Å². The second-order valence-electron chi connectivity index (χ2n) is 5.96. The maximum absolute atomic E-state index is 12.9. The third-order valence-electron chi connectivity index (χ3n) is 2.64. The molecule has 22 heavy (non-hydrogen) atoms. The summed E-state index contributed by atoms with van der Waals surface area (Å²) in [6, 6.07) is -0.680. The van der Waals surface area contributed by atoms with Gasteiger partial charge in [0.05, 0.1) is 0 Å². The van der Waals surface area contributed by atoms with Gasteiger partial charge >= 0.3 is 12.3 Å². The number of halogens is 3. The van der Waals surface area contributed by atoms with Gasteiger partial charge in [-0.15, -0.1) is 0 Å². The fourth-order valence-electron chi connectivity index (χ4n) is 1.86. The van der Waals surface area contributed by atoms with Crippen molar-refractivity contribution < 1.29 is 22.7 Å². The van der Waals surface area contributed by atoms with Gasteiger partial charge in [-0.25, -0.2) is 4.79 Å². The van der Waals surface area contributed by atoms with E-state index in [2.05, 4.69) is 10.4 Å². The molecular formula is C13H21F3N4O2. The van der Waals surface area contributed by atoms with Crippen LogP contribution in [0.5, 0.6) is 0 Å². The maximum Gasteiger partial charge on any atom is 0.435 e. The quantitative estimate of drug-likeness (QED) is 0.886. The summed E-state index contributed by atoms with van der Waals surface area (Å²) in [5.41, 5.74) is 3.82. The van der Waals surface area contributed by atoms with E-state index in [-0.39, 0.29) is 18.5 Å². The smallest absolute Gasteiger partial charge is 0.435 e. The number of hydrogen-bond acceptors (Lipinski definition) is 4. The molecule has 0 saturated carbocycles. The van der Waals surface area contributed by atoms with E-state index in [0.717, 1.165) is 4.68 Å². The predicted octanol–water partition coefficient (Wildman–Crippen LogP) is 1.83. The van der Waals surface area contributed by atoms with Crippen molar-refractivity contribution in [2.75, 3.05) is 6.54 Å². The molecule has 1 heterocycles. The number of rotatable bonds is 4. The Balaban J connectivity index is 2.81. The van der Waals surface area contributed by atoms with Crippen LogP contribution in [-0.2, 0) is 24.4 Å². The average Bonchev–Trinajstić information content (AvgIpc) is 2.66. The Labute approximate surface area is 126 Å². The Morgan fingerprint density at radius 3 is 2.50 bits per heavy atom. The number of amides is 1. The Bertz CT molecular complexity index is 520. The van der Waals surface area contributed by atoms with Gasteiger partial charge in [-0.2, -0.15) is 18.3 Å². The van der Waals surface area contributed by atoms with Gasteiger partial charge in [-0.1, -0.05) is 0 Å². The lowest BCUT2D eigenvalue weighted by molar-refractivity contribution is -0.142. The molecule has 1 aromatic heterocycles. The van der Waals surface area contributed by atoms with Crippen molar-refractivity contribution in [2.24, 2.45) is 12.8 Å². The number of alkyl carbamates (subject to hydrolysis) is 1. The van der Waals surface area contributed by atoms with Crippen LogP contribution in [0.25, 0.3) is 0 Å². The third kappa shape index (κ3) is 5.55. The zero-order valence-electron chi connectivity index (χ0n) is 13.0. The molecule has 0 bridgehead atoms. The van der Waals surface area contributed by atoms with Crippen LogP contribution in [0.4, 0.5) is 18.0 Å². The molecule has 1 amide bonds. The minimum Gasteiger partial charge on any atom is -0.444 e. The molecule has 0 aliphatic rings. The number of aryl methyl sites for hydroxylation is 1. The largest absolute Gasteiger partial charge is 0.444 e. The molecule has 0 spiro atoms. The summed E-state index contributed by atoms with van der Waals surface area (Å²) in [5.74, 6) is 0. The molecule has 1 rings (SSSR count). The minimum absolute atomic E-state index is 0.0224. The molecule has 0 saturated heterocycles. The van der Waals surface area contributed by atoms with E-state index >= 15 is 0 Å². The lowest BCUT2D eigenvalue weighted by Gasteiger charge is -2.23. The summed E-state index contributed by atoms with van der Waals surface area (Å²) < 4.78 is 44.8. The highest BCUT2D eigenvalue weighted by Gasteiger charge is 2.37. The van der Waals surface area contributed by atoms with Crippen LogP contribution >= 0.6 is 0 Å².